The van der Waals surface area contributed by atoms with Crippen molar-refractivity contribution in [2.24, 2.45) is 0 Å². The molecule has 1 amide bonds. The molecule has 1 saturated heterocycles. The first-order valence-corrected chi connectivity index (χ1v) is 6.21. The SMILES string of the molecule is CN1C(=O)CNC1Cc1ccc2ccccc2c1. The number of fused-ring (bicyclic) bond motifs is 1. The molecule has 0 saturated carbocycles. The predicted molar refractivity (Wildman–Crippen MR) is 72.2 cm³/mol. The van der Waals surface area contributed by atoms with E-state index < -0.39 is 0 Å². The van der Waals surface area contributed by atoms with Crippen molar-refractivity contribution in [3.05, 3.63) is 48.0 Å². The Morgan fingerprint density at radius 2 is 2.00 bits per heavy atom. The summed E-state index contributed by atoms with van der Waals surface area (Å²) in [6, 6.07) is 14.8. The number of hydrogen-bond donors (Lipinski definition) is 1. The molecule has 2 aromatic carbocycles. The van der Waals surface area contributed by atoms with Gasteiger partial charge in [-0.15, -0.1) is 0 Å². The maximum Gasteiger partial charge on any atom is 0.237 e. The van der Waals surface area contributed by atoms with Crippen molar-refractivity contribution < 1.29 is 4.79 Å². The van der Waals surface area contributed by atoms with Crippen LogP contribution in [0.15, 0.2) is 42.5 Å². The number of rotatable bonds is 2. The van der Waals surface area contributed by atoms with Crippen molar-refractivity contribution in [2.75, 3.05) is 13.6 Å². The number of nitrogens with zero attached hydrogens (tertiary/aromatic N) is 1. The van der Waals surface area contributed by atoms with Crippen LogP contribution in [-0.2, 0) is 11.2 Å². The minimum atomic E-state index is 0.124. The van der Waals surface area contributed by atoms with Gasteiger partial charge in [-0.1, -0.05) is 42.5 Å². The summed E-state index contributed by atoms with van der Waals surface area (Å²) < 4.78 is 0. The molecule has 1 heterocycles. The van der Waals surface area contributed by atoms with Crippen LogP contribution in [0.5, 0.6) is 0 Å². The Kier molecular flexibility index (Phi) is 2.76. The molecule has 1 N–H and O–H groups in total. The van der Waals surface area contributed by atoms with Crippen LogP contribution in [0.3, 0.4) is 0 Å². The maximum absolute atomic E-state index is 11.5. The molecule has 0 radical (unpaired) electrons. The van der Waals surface area contributed by atoms with Crippen LogP contribution >= 0.6 is 0 Å². The minimum absolute atomic E-state index is 0.124. The summed E-state index contributed by atoms with van der Waals surface area (Å²) in [6.45, 7) is 0.453. The number of carbonyl (C=O) groups is 1. The molecule has 3 rings (SSSR count). The van der Waals surface area contributed by atoms with Crippen LogP contribution in [0.4, 0.5) is 0 Å². The average molecular weight is 240 g/mol. The lowest BCUT2D eigenvalue weighted by Crippen LogP contribution is -2.35. The Morgan fingerprint density at radius 3 is 2.72 bits per heavy atom. The van der Waals surface area contributed by atoms with Crippen LogP contribution in [0.1, 0.15) is 5.56 Å². The molecule has 1 aliphatic rings. The van der Waals surface area contributed by atoms with Crippen molar-refractivity contribution in [3.8, 4) is 0 Å². The first kappa shape index (κ1) is 11.2. The molecule has 92 valence electrons. The molecule has 2 aromatic rings. The normalized spacial score (nSPS) is 19.7. The van der Waals surface area contributed by atoms with E-state index >= 15 is 0 Å². The van der Waals surface area contributed by atoms with Gasteiger partial charge in [0.1, 0.15) is 0 Å². The van der Waals surface area contributed by atoms with Gasteiger partial charge in [-0.2, -0.15) is 0 Å². The van der Waals surface area contributed by atoms with Crippen LogP contribution in [0, 0.1) is 0 Å². The quantitative estimate of drug-likeness (QED) is 0.867. The van der Waals surface area contributed by atoms with Gasteiger partial charge in [-0.3, -0.25) is 10.1 Å². The van der Waals surface area contributed by atoms with E-state index in [0.29, 0.717) is 6.54 Å². The molecule has 1 aliphatic heterocycles. The summed E-state index contributed by atoms with van der Waals surface area (Å²) in [5.41, 5.74) is 1.26. The minimum Gasteiger partial charge on any atom is -0.329 e. The zero-order valence-corrected chi connectivity index (χ0v) is 10.4. The third-order valence-electron chi connectivity index (χ3n) is 3.59. The highest BCUT2D eigenvalue weighted by molar-refractivity contribution is 5.83. The summed E-state index contributed by atoms with van der Waals surface area (Å²) in [6.07, 6.45) is 0.978. The predicted octanol–water partition coefficient (Wildman–Crippen LogP) is 1.77. The van der Waals surface area contributed by atoms with E-state index in [9.17, 15) is 4.79 Å². The highest BCUT2D eigenvalue weighted by Gasteiger charge is 2.26. The van der Waals surface area contributed by atoms with Crippen LogP contribution in [0.25, 0.3) is 10.8 Å². The number of likely N-dealkylation sites (N-methyl/N-ethyl adjacent to an activating group) is 1. The third-order valence-corrected chi connectivity index (χ3v) is 3.59. The molecule has 1 fully saturated rings. The van der Waals surface area contributed by atoms with Crippen LogP contribution in [-0.4, -0.2) is 30.6 Å². The highest BCUT2D eigenvalue weighted by atomic mass is 16.2. The average Bonchev–Trinajstić information content (AvgIpc) is 2.71. The molecule has 3 heteroatoms. The van der Waals surface area contributed by atoms with E-state index in [-0.39, 0.29) is 12.1 Å². The fraction of sp³-hybridized carbons (Fsp3) is 0.267. The van der Waals surface area contributed by atoms with Gasteiger partial charge in [0.2, 0.25) is 5.91 Å². The molecule has 0 aliphatic carbocycles. The second-order valence-electron chi connectivity index (χ2n) is 4.79. The van der Waals surface area contributed by atoms with Gasteiger partial charge in [0.25, 0.3) is 0 Å². The number of hydrogen-bond acceptors (Lipinski definition) is 2. The van der Waals surface area contributed by atoms with E-state index in [2.05, 4.69) is 41.7 Å². The highest BCUT2D eigenvalue weighted by Crippen LogP contribution is 2.18. The Morgan fingerprint density at radius 1 is 1.22 bits per heavy atom. The molecule has 1 atom stereocenters. The van der Waals surface area contributed by atoms with E-state index in [0.717, 1.165) is 6.42 Å². The first-order valence-electron chi connectivity index (χ1n) is 6.21. The van der Waals surface area contributed by atoms with Gasteiger partial charge in [0.15, 0.2) is 0 Å². The molecule has 0 spiro atoms. The Hall–Kier alpha value is -1.87. The fourth-order valence-electron chi connectivity index (χ4n) is 2.44. The molecule has 0 aromatic heterocycles. The third kappa shape index (κ3) is 1.97. The van der Waals surface area contributed by atoms with E-state index in [1.165, 1.54) is 16.3 Å². The van der Waals surface area contributed by atoms with Crippen molar-refractivity contribution in [1.29, 1.82) is 0 Å². The van der Waals surface area contributed by atoms with Crippen molar-refractivity contribution in [1.82, 2.24) is 10.2 Å². The monoisotopic (exact) mass is 240 g/mol. The van der Waals surface area contributed by atoms with Gasteiger partial charge < -0.3 is 4.90 Å². The number of carbonyl (C=O) groups excluding carboxylic acids is 1. The fourth-order valence-corrected chi connectivity index (χ4v) is 2.44. The molecule has 0 bridgehead atoms. The van der Waals surface area contributed by atoms with Gasteiger partial charge in [-0.25, -0.2) is 0 Å². The molecule has 18 heavy (non-hydrogen) atoms. The number of benzene rings is 2. The number of nitrogens with one attached hydrogen (secondary N) is 1. The molecule has 1 unspecified atom stereocenters. The lowest BCUT2D eigenvalue weighted by atomic mass is 10.0. The molecule has 3 nitrogen and oxygen atoms in total. The second-order valence-corrected chi connectivity index (χ2v) is 4.79. The number of amides is 1. The van der Waals surface area contributed by atoms with Gasteiger partial charge in [0.05, 0.1) is 12.7 Å². The largest absolute Gasteiger partial charge is 0.329 e. The Bertz CT molecular complexity index is 594. The zero-order chi connectivity index (χ0) is 12.5. The van der Waals surface area contributed by atoms with Crippen molar-refractivity contribution >= 4 is 16.7 Å². The van der Waals surface area contributed by atoms with Crippen molar-refractivity contribution in [2.45, 2.75) is 12.6 Å². The maximum atomic E-state index is 11.5. The summed E-state index contributed by atoms with van der Waals surface area (Å²) in [5, 5.41) is 5.74. The smallest absolute Gasteiger partial charge is 0.237 e. The summed E-state index contributed by atoms with van der Waals surface area (Å²) >= 11 is 0. The van der Waals surface area contributed by atoms with E-state index in [1.54, 1.807) is 4.90 Å². The van der Waals surface area contributed by atoms with Crippen molar-refractivity contribution in [3.63, 3.8) is 0 Å². The lowest BCUT2D eigenvalue weighted by molar-refractivity contribution is -0.126. The molecular weight excluding hydrogens is 224 g/mol. The lowest BCUT2D eigenvalue weighted by Gasteiger charge is -2.19. The Labute approximate surface area is 106 Å². The topological polar surface area (TPSA) is 32.3 Å². The van der Waals surface area contributed by atoms with E-state index in [1.807, 2.05) is 13.1 Å². The van der Waals surface area contributed by atoms with Gasteiger partial charge >= 0.3 is 0 Å². The summed E-state index contributed by atoms with van der Waals surface area (Å²) in [7, 11) is 1.86. The van der Waals surface area contributed by atoms with Gasteiger partial charge in [-0.05, 0) is 16.3 Å². The summed E-state index contributed by atoms with van der Waals surface area (Å²) in [4.78, 5) is 13.2. The summed E-state index contributed by atoms with van der Waals surface area (Å²) in [5.74, 6) is 0.167. The molecular formula is C15H16N2O. The Balaban J connectivity index is 1.85. The van der Waals surface area contributed by atoms with E-state index in [4.69, 9.17) is 0 Å². The van der Waals surface area contributed by atoms with Gasteiger partial charge in [0, 0.05) is 13.5 Å². The van der Waals surface area contributed by atoms with Crippen LogP contribution in [0.2, 0.25) is 0 Å². The first-order chi connectivity index (χ1) is 8.74. The zero-order valence-electron chi connectivity index (χ0n) is 10.4. The second kappa shape index (κ2) is 4.42. The van der Waals surface area contributed by atoms with Crippen LogP contribution < -0.4 is 5.32 Å². The standard InChI is InChI=1S/C15H16N2O/c1-17-14(16-10-15(17)18)9-11-6-7-12-4-2-3-5-13(12)8-11/h2-8,14,16H,9-10H2,1H3.